The molecule has 1 aromatic rings. The molecule has 0 aliphatic rings. The normalized spacial score (nSPS) is 10.6. The summed E-state index contributed by atoms with van der Waals surface area (Å²) in [5.41, 5.74) is 0.866. The Labute approximate surface area is 96.1 Å². The summed E-state index contributed by atoms with van der Waals surface area (Å²) < 4.78 is 12.9. The molecule has 0 bridgehead atoms. The number of aryl methyl sites for hydroxylation is 1. The molecule has 0 heterocycles. The fourth-order valence-corrected chi connectivity index (χ4v) is 1.41. The summed E-state index contributed by atoms with van der Waals surface area (Å²) in [6, 6.07) is 6.60. The molecule has 0 saturated carbocycles. The largest absolute Gasteiger partial charge is 0.343 e. The van der Waals surface area contributed by atoms with Crippen molar-refractivity contribution in [1.29, 1.82) is 0 Å². The fraction of sp³-hybridized carbons (Fsp3) is 0.462. The van der Waals surface area contributed by atoms with Crippen LogP contribution in [0.3, 0.4) is 0 Å². The van der Waals surface area contributed by atoms with Gasteiger partial charge in [0.15, 0.2) is 0 Å². The summed E-state index contributed by atoms with van der Waals surface area (Å²) in [4.78, 5) is 13.4. The monoisotopic (exact) mass is 223 g/mol. The molecule has 0 unspecified atom stereocenters. The molecule has 0 atom stereocenters. The number of hydrogen-bond acceptors (Lipinski definition) is 1. The summed E-state index contributed by atoms with van der Waals surface area (Å²) in [7, 11) is 1.79. The number of hydrogen-bond donors (Lipinski definition) is 0. The third-order valence-electron chi connectivity index (χ3n) is 2.68. The third kappa shape index (κ3) is 3.65. The van der Waals surface area contributed by atoms with Crippen LogP contribution in [0.15, 0.2) is 24.3 Å². The van der Waals surface area contributed by atoms with Crippen LogP contribution >= 0.6 is 0 Å². The molecule has 1 amide bonds. The summed E-state index contributed by atoms with van der Waals surface area (Å²) in [5, 5.41) is 0. The summed E-state index contributed by atoms with van der Waals surface area (Å²) in [5.74, 6) is -0.151. The van der Waals surface area contributed by atoms with E-state index in [0.29, 0.717) is 12.8 Å². The lowest BCUT2D eigenvalue weighted by Crippen LogP contribution is -2.33. The predicted octanol–water partition coefficient (Wildman–Crippen LogP) is 2.63. The maximum atomic E-state index is 12.9. The van der Waals surface area contributed by atoms with Crippen LogP contribution in [0.4, 0.5) is 4.39 Å². The molecule has 1 aromatic carbocycles. The van der Waals surface area contributed by atoms with Gasteiger partial charge in [0.05, 0.1) is 0 Å². The minimum absolute atomic E-state index is 0.0965. The van der Waals surface area contributed by atoms with Gasteiger partial charge in [0, 0.05) is 19.5 Å². The Morgan fingerprint density at radius 1 is 1.44 bits per heavy atom. The Morgan fingerprint density at radius 2 is 2.12 bits per heavy atom. The lowest BCUT2D eigenvalue weighted by Gasteiger charge is -2.21. The molecule has 0 aromatic heterocycles. The zero-order chi connectivity index (χ0) is 12.1. The minimum Gasteiger partial charge on any atom is -0.343 e. The van der Waals surface area contributed by atoms with E-state index in [1.165, 1.54) is 12.1 Å². The molecule has 0 spiro atoms. The van der Waals surface area contributed by atoms with E-state index in [1.807, 2.05) is 19.9 Å². The van der Waals surface area contributed by atoms with Gasteiger partial charge in [-0.3, -0.25) is 4.79 Å². The molecule has 1 rings (SSSR count). The van der Waals surface area contributed by atoms with E-state index >= 15 is 0 Å². The lowest BCUT2D eigenvalue weighted by atomic mass is 10.1. The van der Waals surface area contributed by atoms with Gasteiger partial charge in [-0.25, -0.2) is 4.39 Å². The second-order valence-electron chi connectivity index (χ2n) is 4.23. The van der Waals surface area contributed by atoms with E-state index in [-0.39, 0.29) is 17.8 Å². The van der Waals surface area contributed by atoms with Gasteiger partial charge < -0.3 is 4.90 Å². The number of amides is 1. The van der Waals surface area contributed by atoms with E-state index in [4.69, 9.17) is 0 Å². The first-order valence-corrected chi connectivity index (χ1v) is 5.51. The maximum absolute atomic E-state index is 12.9. The van der Waals surface area contributed by atoms with Crippen LogP contribution in [0.25, 0.3) is 0 Å². The molecular formula is C13H18FNO. The van der Waals surface area contributed by atoms with Crippen LogP contribution < -0.4 is 0 Å². The average molecular weight is 223 g/mol. The summed E-state index contributed by atoms with van der Waals surface area (Å²) in [6.45, 7) is 3.94. The summed E-state index contributed by atoms with van der Waals surface area (Å²) >= 11 is 0. The van der Waals surface area contributed by atoms with Gasteiger partial charge >= 0.3 is 0 Å². The van der Waals surface area contributed by atoms with Gasteiger partial charge in [-0.05, 0) is 38.0 Å². The summed E-state index contributed by atoms with van der Waals surface area (Å²) in [6.07, 6.45) is 1.02. The zero-order valence-corrected chi connectivity index (χ0v) is 10.0. The molecule has 88 valence electrons. The number of halogens is 1. The molecule has 0 N–H and O–H groups in total. The van der Waals surface area contributed by atoms with Gasteiger partial charge in [-0.1, -0.05) is 12.1 Å². The molecule has 0 aliphatic heterocycles. The third-order valence-corrected chi connectivity index (χ3v) is 2.68. The van der Waals surface area contributed by atoms with Crippen molar-refractivity contribution in [2.45, 2.75) is 32.7 Å². The van der Waals surface area contributed by atoms with Crippen molar-refractivity contribution in [3.8, 4) is 0 Å². The highest BCUT2D eigenvalue weighted by atomic mass is 19.1. The van der Waals surface area contributed by atoms with Crippen LogP contribution in [0, 0.1) is 5.82 Å². The first-order chi connectivity index (χ1) is 7.50. The number of carbonyl (C=O) groups is 1. The van der Waals surface area contributed by atoms with Crippen LogP contribution in [0.5, 0.6) is 0 Å². The molecule has 0 aliphatic carbocycles. The fourth-order valence-electron chi connectivity index (χ4n) is 1.41. The van der Waals surface area contributed by atoms with Crippen LogP contribution in [0.2, 0.25) is 0 Å². The Bertz CT molecular complexity index is 363. The number of rotatable bonds is 4. The Balaban J connectivity index is 2.49. The highest BCUT2D eigenvalue weighted by molar-refractivity contribution is 5.76. The van der Waals surface area contributed by atoms with Gasteiger partial charge in [-0.2, -0.15) is 0 Å². The number of carbonyl (C=O) groups excluding carboxylic acids is 1. The van der Waals surface area contributed by atoms with Crippen LogP contribution in [-0.2, 0) is 11.2 Å². The maximum Gasteiger partial charge on any atom is 0.222 e. The SMILES string of the molecule is CC(C)N(C)C(=O)CCc1cccc(F)c1. The second-order valence-corrected chi connectivity index (χ2v) is 4.23. The smallest absolute Gasteiger partial charge is 0.222 e. The first-order valence-electron chi connectivity index (χ1n) is 5.51. The van der Waals surface area contributed by atoms with E-state index in [2.05, 4.69) is 0 Å². The first kappa shape index (κ1) is 12.7. The van der Waals surface area contributed by atoms with E-state index in [1.54, 1.807) is 18.0 Å². The Kier molecular flexibility index (Phi) is 4.47. The Morgan fingerprint density at radius 3 is 2.69 bits per heavy atom. The molecule has 0 radical (unpaired) electrons. The topological polar surface area (TPSA) is 20.3 Å². The van der Waals surface area contributed by atoms with Crippen molar-refractivity contribution in [3.63, 3.8) is 0 Å². The van der Waals surface area contributed by atoms with E-state index in [0.717, 1.165) is 5.56 Å². The quantitative estimate of drug-likeness (QED) is 0.768. The van der Waals surface area contributed by atoms with Crippen molar-refractivity contribution in [1.82, 2.24) is 4.90 Å². The molecule has 0 fully saturated rings. The van der Waals surface area contributed by atoms with Crippen molar-refractivity contribution in [2.24, 2.45) is 0 Å². The van der Waals surface area contributed by atoms with E-state index in [9.17, 15) is 9.18 Å². The van der Waals surface area contributed by atoms with Gasteiger partial charge in [-0.15, -0.1) is 0 Å². The van der Waals surface area contributed by atoms with Gasteiger partial charge in [0.25, 0.3) is 0 Å². The Hall–Kier alpha value is -1.38. The van der Waals surface area contributed by atoms with E-state index < -0.39 is 0 Å². The minimum atomic E-state index is -0.248. The van der Waals surface area contributed by atoms with Crippen molar-refractivity contribution >= 4 is 5.91 Å². The highest BCUT2D eigenvalue weighted by Crippen LogP contribution is 2.08. The molecular weight excluding hydrogens is 205 g/mol. The standard InChI is InChI=1S/C13H18FNO/c1-10(2)15(3)13(16)8-7-11-5-4-6-12(14)9-11/h4-6,9-10H,7-8H2,1-3H3. The average Bonchev–Trinajstić information content (AvgIpc) is 2.24. The molecule has 0 saturated heterocycles. The van der Waals surface area contributed by atoms with Crippen molar-refractivity contribution in [3.05, 3.63) is 35.6 Å². The molecule has 2 nitrogen and oxygen atoms in total. The van der Waals surface area contributed by atoms with Crippen LogP contribution in [-0.4, -0.2) is 23.9 Å². The van der Waals surface area contributed by atoms with Crippen LogP contribution in [0.1, 0.15) is 25.8 Å². The number of benzene rings is 1. The molecule has 16 heavy (non-hydrogen) atoms. The highest BCUT2D eigenvalue weighted by Gasteiger charge is 2.11. The predicted molar refractivity (Wildman–Crippen MR) is 62.6 cm³/mol. The van der Waals surface area contributed by atoms with Crippen molar-refractivity contribution < 1.29 is 9.18 Å². The van der Waals surface area contributed by atoms with Gasteiger partial charge in [0.2, 0.25) is 5.91 Å². The number of nitrogens with zero attached hydrogens (tertiary/aromatic N) is 1. The lowest BCUT2D eigenvalue weighted by molar-refractivity contribution is -0.131. The second kappa shape index (κ2) is 5.64. The van der Waals surface area contributed by atoms with Crippen molar-refractivity contribution in [2.75, 3.05) is 7.05 Å². The molecule has 3 heteroatoms. The zero-order valence-electron chi connectivity index (χ0n) is 10.0. The van der Waals surface area contributed by atoms with Gasteiger partial charge in [0.1, 0.15) is 5.82 Å².